The van der Waals surface area contributed by atoms with Crippen molar-refractivity contribution in [3.05, 3.63) is 17.0 Å². The predicted molar refractivity (Wildman–Crippen MR) is 71.7 cm³/mol. The fourth-order valence-electron chi connectivity index (χ4n) is 2.52. The lowest BCUT2D eigenvalue weighted by atomic mass is 9.90. The summed E-state index contributed by atoms with van der Waals surface area (Å²) in [6.45, 7) is 4.43. The van der Waals surface area contributed by atoms with Gasteiger partial charge in [0.15, 0.2) is 5.78 Å². The molecule has 3 heteroatoms. The first-order valence-electron chi connectivity index (χ1n) is 6.00. The Morgan fingerprint density at radius 2 is 2.00 bits per heavy atom. The van der Waals surface area contributed by atoms with Crippen LogP contribution < -0.4 is 0 Å². The molecule has 0 aliphatic carbocycles. The first kappa shape index (κ1) is 12.2. The normalized spacial score (nSPS) is 18.5. The molecule has 0 unspecified atom stereocenters. The predicted octanol–water partition coefficient (Wildman–Crippen LogP) is 4.77. The van der Waals surface area contributed by atoms with Crippen LogP contribution in [0.3, 0.4) is 0 Å². The molecule has 1 aromatic rings. The summed E-state index contributed by atoms with van der Waals surface area (Å²) < 4.78 is 1.44. The number of hydrogen-bond donors (Lipinski definition) is 0. The molecule has 1 aliphatic rings. The molecule has 2 rings (SSSR count). The third-order valence-electron chi connectivity index (χ3n) is 3.13. The Labute approximate surface area is 106 Å². The van der Waals surface area contributed by atoms with Gasteiger partial charge in [0.25, 0.3) is 0 Å². The fourth-order valence-corrected chi connectivity index (χ4v) is 5.54. The lowest BCUT2D eigenvalue weighted by Gasteiger charge is -2.35. The minimum absolute atomic E-state index is 0.193. The third-order valence-corrected chi connectivity index (χ3v) is 5.77. The van der Waals surface area contributed by atoms with Gasteiger partial charge >= 0.3 is 0 Å². The molecule has 1 aromatic heterocycles. The van der Waals surface area contributed by atoms with E-state index in [-0.39, 0.29) is 4.75 Å². The molecule has 0 N–H and O–H groups in total. The summed E-state index contributed by atoms with van der Waals surface area (Å²) in [7, 11) is 0. The molecule has 0 fully saturated rings. The highest BCUT2D eigenvalue weighted by atomic mass is 32.2. The van der Waals surface area contributed by atoms with Gasteiger partial charge in [-0.1, -0.05) is 26.7 Å². The Kier molecular flexibility index (Phi) is 3.75. The van der Waals surface area contributed by atoms with E-state index in [1.807, 2.05) is 23.2 Å². The van der Waals surface area contributed by atoms with Gasteiger partial charge in [-0.05, 0) is 24.3 Å². The van der Waals surface area contributed by atoms with Crippen LogP contribution >= 0.6 is 23.1 Å². The van der Waals surface area contributed by atoms with E-state index >= 15 is 0 Å². The molecule has 0 radical (unpaired) electrons. The quantitative estimate of drug-likeness (QED) is 0.770. The Bertz CT molecular complexity index is 375. The minimum atomic E-state index is 0.193. The van der Waals surface area contributed by atoms with Crippen LogP contribution in [0, 0.1) is 0 Å². The number of thiophene rings is 1. The molecule has 0 bridgehead atoms. The summed E-state index contributed by atoms with van der Waals surface area (Å²) in [5, 5.41) is 2.05. The minimum Gasteiger partial charge on any atom is -0.294 e. The van der Waals surface area contributed by atoms with Crippen LogP contribution in [0.1, 0.15) is 56.3 Å². The zero-order chi connectivity index (χ0) is 11.6. The van der Waals surface area contributed by atoms with E-state index in [2.05, 4.69) is 13.8 Å². The molecule has 0 saturated carbocycles. The van der Waals surface area contributed by atoms with Crippen molar-refractivity contribution in [2.45, 2.75) is 54.9 Å². The molecule has 0 spiro atoms. The SMILES string of the molecule is CCCC1(CCC)CC(=O)c2ccsc2S1. The average molecular weight is 254 g/mol. The first-order chi connectivity index (χ1) is 7.71. The van der Waals surface area contributed by atoms with Gasteiger partial charge < -0.3 is 0 Å². The van der Waals surface area contributed by atoms with Crippen molar-refractivity contribution in [2.24, 2.45) is 0 Å². The second-order valence-electron chi connectivity index (χ2n) is 4.51. The lowest BCUT2D eigenvalue weighted by molar-refractivity contribution is 0.0959. The van der Waals surface area contributed by atoms with E-state index in [0.29, 0.717) is 5.78 Å². The third kappa shape index (κ3) is 2.21. The number of Topliss-reactive ketones (excluding diaryl/α,β-unsaturated/α-hetero) is 1. The Morgan fingerprint density at radius 3 is 2.62 bits per heavy atom. The van der Waals surface area contributed by atoms with Crippen LogP contribution in [0.5, 0.6) is 0 Å². The van der Waals surface area contributed by atoms with Gasteiger partial charge in [-0.2, -0.15) is 0 Å². The van der Waals surface area contributed by atoms with Crippen LogP contribution in [0.4, 0.5) is 0 Å². The van der Waals surface area contributed by atoms with E-state index in [1.165, 1.54) is 17.1 Å². The van der Waals surface area contributed by atoms with E-state index < -0.39 is 0 Å². The second kappa shape index (κ2) is 4.92. The van der Waals surface area contributed by atoms with Crippen LogP contribution in [0.2, 0.25) is 0 Å². The van der Waals surface area contributed by atoms with Crippen LogP contribution in [-0.4, -0.2) is 10.5 Å². The smallest absolute Gasteiger partial charge is 0.166 e. The highest BCUT2D eigenvalue weighted by Crippen LogP contribution is 2.50. The van der Waals surface area contributed by atoms with Gasteiger partial charge in [0.05, 0.1) is 4.21 Å². The molecule has 88 valence electrons. The number of thioether (sulfide) groups is 1. The van der Waals surface area contributed by atoms with Gasteiger partial charge in [-0.15, -0.1) is 23.1 Å². The van der Waals surface area contributed by atoms with Gasteiger partial charge in [-0.3, -0.25) is 4.79 Å². The summed E-state index contributed by atoms with van der Waals surface area (Å²) in [6, 6.07) is 1.98. The van der Waals surface area contributed by atoms with Gasteiger partial charge in [0.2, 0.25) is 0 Å². The van der Waals surface area contributed by atoms with Crippen molar-refractivity contribution < 1.29 is 4.79 Å². The summed E-state index contributed by atoms with van der Waals surface area (Å²) in [5.41, 5.74) is 0.970. The van der Waals surface area contributed by atoms with E-state index in [4.69, 9.17) is 0 Å². The largest absolute Gasteiger partial charge is 0.294 e. The molecule has 16 heavy (non-hydrogen) atoms. The van der Waals surface area contributed by atoms with Crippen LogP contribution in [0.25, 0.3) is 0 Å². The summed E-state index contributed by atoms with van der Waals surface area (Å²) in [6.07, 6.45) is 5.40. The lowest BCUT2D eigenvalue weighted by Crippen LogP contribution is -2.31. The van der Waals surface area contributed by atoms with Gasteiger partial charge in [0, 0.05) is 16.7 Å². The highest BCUT2D eigenvalue weighted by Gasteiger charge is 2.38. The van der Waals surface area contributed by atoms with Crippen molar-refractivity contribution >= 4 is 28.9 Å². The maximum Gasteiger partial charge on any atom is 0.166 e. The maximum absolute atomic E-state index is 12.1. The molecule has 0 saturated heterocycles. The second-order valence-corrected chi connectivity index (χ2v) is 7.16. The summed E-state index contributed by atoms with van der Waals surface area (Å²) >= 11 is 3.69. The van der Waals surface area contributed by atoms with E-state index in [0.717, 1.165) is 24.8 Å². The molecular formula is C13H18OS2. The zero-order valence-electron chi connectivity index (χ0n) is 9.91. The van der Waals surface area contributed by atoms with E-state index in [9.17, 15) is 4.79 Å². The topological polar surface area (TPSA) is 17.1 Å². The standard InChI is InChI=1S/C13H18OS2/c1-3-6-13(7-4-2)9-11(14)10-5-8-15-12(10)16-13/h5,8H,3-4,6-7,9H2,1-2H3. The Balaban J connectivity index is 2.28. The number of hydrogen-bond acceptors (Lipinski definition) is 3. The number of ketones is 1. The van der Waals surface area contributed by atoms with Crippen LogP contribution in [0.15, 0.2) is 15.7 Å². The molecular weight excluding hydrogens is 236 g/mol. The average Bonchev–Trinajstić information content (AvgIpc) is 2.66. The molecule has 1 aliphatic heterocycles. The van der Waals surface area contributed by atoms with Crippen LogP contribution in [-0.2, 0) is 0 Å². The first-order valence-corrected chi connectivity index (χ1v) is 7.70. The number of carbonyl (C=O) groups excluding carboxylic acids is 1. The van der Waals surface area contributed by atoms with Gasteiger partial charge in [-0.25, -0.2) is 0 Å². The molecule has 0 atom stereocenters. The number of carbonyl (C=O) groups is 1. The highest BCUT2D eigenvalue weighted by molar-refractivity contribution is 8.02. The fraction of sp³-hybridized carbons (Fsp3) is 0.615. The molecule has 1 nitrogen and oxygen atoms in total. The van der Waals surface area contributed by atoms with E-state index in [1.54, 1.807) is 11.3 Å². The maximum atomic E-state index is 12.1. The van der Waals surface area contributed by atoms with Gasteiger partial charge in [0.1, 0.15) is 0 Å². The van der Waals surface area contributed by atoms with Crippen molar-refractivity contribution in [3.63, 3.8) is 0 Å². The monoisotopic (exact) mass is 254 g/mol. The summed E-state index contributed by atoms with van der Waals surface area (Å²) in [4.78, 5) is 12.1. The molecule has 2 heterocycles. The molecule has 0 aromatic carbocycles. The Hall–Kier alpha value is -0.280. The van der Waals surface area contributed by atoms with Crippen molar-refractivity contribution in [1.29, 1.82) is 0 Å². The number of rotatable bonds is 4. The van der Waals surface area contributed by atoms with Crippen molar-refractivity contribution in [1.82, 2.24) is 0 Å². The Morgan fingerprint density at radius 1 is 1.31 bits per heavy atom. The molecule has 0 amide bonds. The summed E-state index contributed by atoms with van der Waals surface area (Å²) in [5.74, 6) is 0.358. The number of fused-ring (bicyclic) bond motifs is 1. The van der Waals surface area contributed by atoms with Crippen molar-refractivity contribution in [3.8, 4) is 0 Å². The zero-order valence-corrected chi connectivity index (χ0v) is 11.5. The van der Waals surface area contributed by atoms with Crippen molar-refractivity contribution in [2.75, 3.05) is 0 Å².